The highest BCUT2D eigenvalue weighted by Crippen LogP contribution is 2.14. The second-order valence-corrected chi connectivity index (χ2v) is 5.01. The molecule has 0 aliphatic rings. The van der Waals surface area contributed by atoms with Gasteiger partial charge in [-0.2, -0.15) is 11.3 Å². The van der Waals surface area contributed by atoms with Crippen molar-refractivity contribution in [3.63, 3.8) is 0 Å². The lowest BCUT2D eigenvalue weighted by molar-refractivity contribution is 0.146. The van der Waals surface area contributed by atoms with E-state index in [0.717, 1.165) is 13.2 Å². The molecule has 0 amide bonds. The third-order valence-electron chi connectivity index (χ3n) is 2.67. The van der Waals surface area contributed by atoms with Crippen LogP contribution in [0, 0.1) is 12.8 Å². The maximum absolute atomic E-state index is 5.21. The van der Waals surface area contributed by atoms with Crippen molar-refractivity contribution in [3.05, 3.63) is 21.9 Å². The molecule has 1 heterocycles. The number of hydrogen-bond donors (Lipinski definition) is 1. The third-order valence-corrected chi connectivity index (χ3v) is 3.58. The van der Waals surface area contributed by atoms with Crippen molar-refractivity contribution >= 4 is 11.3 Å². The highest BCUT2D eigenvalue weighted by atomic mass is 32.1. The minimum absolute atomic E-state index is 0.439. The highest BCUT2D eigenvalue weighted by molar-refractivity contribution is 7.08. The quantitative estimate of drug-likeness (QED) is 0.807. The number of aryl methyl sites for hydroxylation is 1. The Kier molecular flexibility index (Phi) is 5.29. The van der Waals surface area contributed by atoms with Crippen LogP contribution in [0.4, 0.5) is 0 Å². The molecule has 2 nitrogen and oxygen atoms in total. The molecule has 0 saturated heterocycles. The molecule has 0 aliphatic carbocycles. The van der Waals surface area contributed by atoms with E-state index in [4.69, 9.17) is 4.74 Å². The summed E-state index contributed by atoms with van der Waals surface area (Å²) in [6, 6.07) is 0.439. The molecule has 0 spiro atoms. The van der Waals surface area contributed by atoms with E-state index in [0.29, 0.717) is 12.0 Å². The topological polar surface area (TPSA) is 21.3 Å². The van der Waals surface area contributed by atoms with Crippen LogP contribution in [0.15, 0.2) is 10.8 Å². The van der Waals surface area contributed by atoms with Crippen molar-refractivity contribution in [3.8, 4) is 0 Å². The molecule has 86 valence electrons. The number of ether oxygens (including phenoxy) is 1. The number of hydrogen-bond acceptors (Lipinski definition) is 3. The Labute approximate surface area is 96.7 Å². The summed E-state index contributed by atoms with van der Waals surface area (Å²) in [5, 5.41) is 7.95. The Morgan fingerprint density at radius 2 is 2.13 bits per heavy atom. The SMILES string of the molecule is COCC(NCc1cscc1C)C(C)C. The standard InChI is InChI=1S/C12H21NOS/c1-9(2)12(6-14-4)13-5-11-8-15-7-10(11)3/h7-9,12-13H,5-6H2,1-4H3. The summed E-state index contributed by atoms with van der Waals surface area (Å²) in [6.07, 6.45) is 0. The third kappa shape index (κ3) is 3.93. The summed E-state index contributed by atoms with van der Waals surface area (Å²) in [4.78, 5) is 0. The first-order valence-electron chi connectivity index (χ1n) is 5.39. The van der Waals surface area contributed by atoms with Gasteiger partial charge in [0.15, 0.2) is 0 Å². The normalized spacial score (nSPS) is 13.4. The van der Waals surface area contributed by atoms with Gasteiger partial charge in [0.1, 0.15) is 0 Å². The fraction of sp³-hybridized carbons (Fsp3) is 0.667. The average molecular weight is 227 g/mol. The summed E-state index contributed by atoms with van der Waals surface area (Å²) in [6.45, 7) is 8.32. The Morgan fingerprint density at radius 1 is 1.40 bits per heavy atom. The van der Waals surface area contributed by atoms with Crippen LogP contribution in [0.3, 0.4) is 0 Å². The van der Waals surface area contributed by atoms with Gasteiger partial charge in [0, 0.05) is 19.7 Å². The summed E-state index contributed by atoms with van der Waals surface area (Å²) < 4.78 is 5.21. The second-order valence-electron chi connectivity index (χ2n) is 4.27. The molecular weight excluding hydrogens is 206 g/mol. The average Bonchev–Trinajstić information content (AvgIpc) is 2.58. The highest BCUT2D eigenvalue weighted by Gasteiger charge is 2.12. The molecule has 0 aliphatic heterocycles. The minimum atomic E-state index is 0.439. The smallest absolute Gasteiger partial charge is 0.0618 e. The van der Waals surface area contributed by atoms with Gasteiger partial charge in [-0.3, -0.25) is 0 Å². The van der Waals surface area contributed by atoms with Gasteiger partial charge >= 0.3 is 0 Å². The van der Waals surface area contributed by atoms with Crippen LogP contribution in [0.1, 0.15) is 25.0 Å². The maximum atomic E-state index is 5.21. The summed E-state index contributed by atoms with van der Waals surface area (Å²) in [5.41, 5.74) is 2.79. The monoisotopic (exact) mass is 227 g/mol. The first kappa shape index (κ1) is 12.7. The Morgan fingerprint density at radius 3 is 2.60 bits per heavy atom. The van der Waals surface area contributed by atoms with Crippen LogP contribution in [0.25, 0.3) is 0 Å². The van der Waals surface area contributed by atoms with Gasteiger partial charge in [-0.15, -0.1) is 0 Å². The van der Waals surface area contributed by atoms with Crippen LogP contribution in [-0.4, -0.2) is 19.8 Å². The molecule has 1 unspecified atom stereocenters. The fourth-order valence-electron chi connectivity index (χ4n) is 1.48. The Hall–Kier alpha value is -0.380. The molecule has 0 fully saturated rings. The van der Waals surface area contributed by atoms with Crippen molar-refractivity contribution in [2.45, 2.75) is 33.4 Å². The lowest BCUT2D eigenvalue weighted by Gasteiger charge is -2.21. The van der Waals surface area contributed by atoms with Crippen molar-refractivity contribution in [2.75, 3.05) is 13.7 Å². The molecule has 0 saturated carbocycles. The van der Waals surface area contributed by atoms with Gasteiger partial charge < -0.3 is 10.1 Å². The van der Waals surface area contributed by atoms with E-state index in [1.807, 2.05) is 0 Å². The Balaban J connectivity index is 2.43. The van der Waals surface area contributed by atoms with Crippen LogP contribution in [0.5, 0.6) is 0 Å². The lowest BCUT2D eigenvalue weighted by Crippen LogP contribution is -2.37. The predicted molar refractivity (Wildman–Crippen MR) is 66.4 cm³/mol. The lowest BCUT2D eigenvalue weighted by atomic mass is 10.0. The van der Waals surface area contributed by atoms with Crippen LogP contribution < -0.4 is 5.32 Å². The largest absolute Gasteiger partial charge is 0.383 e. The second kappa shape index (κ2) is 6.26. The molecule has 3 heteroatoms. The molecule has 0 bridgehead atoms. The number of rotatable bonds is 6. The van der Waals surface area contributed by atoms with E-state index in [-0.39, 0.29) is 0 Å². The molecule has 1 aromatic rings. The van der Waals surface area contributed by atoms with Gasteiger partial charge in [0.25, 0.3) is 0 Å². The first-order chi connectivity index (χ1) is 7.15. The molecule has 1 rings (SSSR count). The van der Waals surface area contributed by atoms with Gasteiger partial charge in [0.2, 0.25) is 0 Å². The summed E-state index contributed by atoms with van der Waals surface area (Å²) in [5.74, 6) is 0.601. The van der Waals surface area contributed by atoms with Crippen LogP contribution >= 0.6 is 11.3 Å². The zero-order valence-corrected chi connectivity index (χ0v) is 10.9. The molecule has 1 N–H and O–H groups in total. The van der Waals surface area contributed by atoms with Gasteiger partial charge in [-0.1, -0.05) is 13.8 Å². The van der Waals surface area contributed by atoms with E-state index < -0.39 is 0 Å². The van der Waals surface area contributed by atoms with E-state index in [9.17, 15) is 0 Å². The van der Waals surface area contributed by atoms with Crippen LogP contribution in [0.2, 0.25) is 0 Å². The number of thiophene rings is 1. The number of nitrogens with one attached hydrogen (secondary N) is 1. The fourth-order valence-corrected chi connectivity index (χ4v) is 2.33. The molecule has 0 aromatic carbocycles. The Bertz CT molecular complexity index is 283. The van der Waals surface area contributed by atoms with Crippen molar-refractivity contribution in [1.82, 2.24) is 5.32 Å². The summed E-state index contributed by atoms with van der Waals surface area (Å²) >= 11 is 1.77. The number of methoxy groups -OCH3 is 1. The van der Waals surface area contributed by atoms with E-state index in [2.05, 4.69) is 36.8 Å². The zero-order chi connectivity index (χ0) is 11.3. The molecule has 1 aromatic heterocycles. The zero-order valence-electron chi connectivity index (χ0n) is 10.0. The van der Waals surface area contributed by atoms with E-state index in [1.165, 1.54) is 11.1 Å². The summed E-state index contributed by atoms with van der Waals surface area (Å²) in [7, 11) is 1.76. The van der Waals surface area contributed by atoms with Crippen molar-refractivity contribution in [2.24, 2.45) is 5.92 Å². The van der Waals surface area contributed by atoms with Gasteiger partial charge in [0.05, 0.1) is 6.61 Å². The molecular formula is C12H21NOS. The molecule has 15 heavy (non-hydrogen) atoms. The maximum Gasteiger partial charge on any atom is 0.0618 e. The van der Waals surface area contributed by atoms with Crippen molar-refractivity contribution in [1.29, 1.82) is 0 Å². The minimum Gasteiger partial charge on any atom is -0.383 e. The van der Waals surface area contributed by atoms with E-state index >= 15 is 0 Å². The van der Waals surface area contributed by atoms with Gasteiger partial charge in [-0.25, -0.2) is 0 Å². The first-order valence-corrected chi connectivity index (χ1v) is 6.33. The molecule has 0 radical (unpaired) electrons. The van der Waals surface area contributed by atoms with Gasteiger partial charge in [-0.05, 0) is 34.7 Å². The predicted octanol–water partition coefficient (Wildman–Crippen LogP) is 2.82. The van der Waals surface area contributed by atoms with Crippen LogP contribution in [-0.2, 0) is 11.3 Å². The molecule has 1 atom stereocenters. The van der Waals surface area contributed by atoms with Crippen molar-refractivity contribution < 1.29 is 4.74 Å². The van der Waals surface area contributed by atoms with E-state index in [1.54, 1.807) is 18.4 Å².